The monoisotopic (exact) mass is 259 g/mol. The highest BCUT2D eigenvalue weighted by atomic mass is 35.5. The second-order valence-electron chi connectivity index (χ2n) is 3.75. The summed E-state index contributed by atoms with van der Waals surface area (Å²) >= 11 is 5.98. The Bertz CT molecular complexity index is 420. The lowest BCUT2D eigenvalue weighted by molar-refractivity contribution is 0.278. The Morgan fingerprint density at radius 1 is 1.59 bits per heavy atom. The number of hydrogen-bond acceptors (Lipinski definition) is 4. The van der Waals surface area contributed by atoms with Crippen LogP contribution in [-0.2, 0) is 6.54 Å². The standard InChI is InChI=1S/C11H18ClN3O2/c1-3-8(5-6-16)14-9-7-13-15(4-2)11(17)10(9)12/h7-8,14,16H,3-6H2,1-2H3. The molecule has 6 heteroatoms. The first kappa shape index (κ1) is 14.0. The summed E-state index contributed by atoms with van der Waals surface area (Å²) in [6.45, 7) is 4.43. The zero-order valence-corrected chi connectivity index (χ0v) is 10.9. The summed E-state index contributed by atoms with van der Waals surface area (Å²) in [5.74, 6) is 0. The third kappa shape index (κ3) is 3.44. The number of anilines is 1. The minimum atomic E-state index is -0.294. The van der Waals surface area contributed by atoms with Crippen molar-refractivity contribution in [2.24, 2.45) is 0 Å². The molecular formula is C11H18ClN3O2. The van der Waals surface area contributed by atoms with E-state index in [0.29, 0.717) is 18.7 Å². The molecule has 0 radical (unpaired) electrons. The summed E-state index contributed by atoms with van der Waals surface area (Å²) in [6.07, 6.45) is 3.00. The van der Waals surface area contributed by atoms with Gasteiger partial charge in [0.2, 0.25) is 0 Å². The Balaban J connectivity index is 2.92. The lowest BCUT2D eigenvalue weighted by Crippen LogP contribution is -2.26. The Labute approximate surface area is 105 Å². The molecule has 0 aliphatic rings. The number of hydrogen-bond donors (Lipinski definition) is 2. The van der Waals surface area contributed by atoms with E-state index in [1.807, 2.05) is 13.8 Å². The van der Waals surface area contributed by atoms with Crippen LogP contribution in [0.3, 0.4) is 0 Å². The van der Waals surface area contributed by atoms with Crippen molar-refractivity contribution in [3.05, 3.63) is 21.6 Å². The summed E-state index contributed by atoms with van der Waals surface area (Å²) in [5.41, 5.74) is 0.236. The molecule has 0 saturated heterocycles. The Kier molecular flexibility index (Phi) is 5.44. The molecule has 0 aliphatic carbocycles. The van der Waals surface area contributed by atoms with Gasteiger partial charge < -0.3 is 10.4 Å². The topological polar surface area (TPSA) is 67.2 Å². The van der Waals surface area contributed by atoms with Crippen LogP contribution in [0.1, 0.15) is 26.7 Å². The van der Waals surface area contributed by atoms with Crippen molar-refractivity contribution in [3.8, 4) is 0 Å². The molecule has 0 aromatic carbocycles. The largest absolute Gasteiger partial charge is 0.396 e. The highest BCUT2D eigenvalue weighted by molar-refractivity contribution is 6.32. The van der Waals surface area contributed by atoms with Gasteiger partial charge in [-0.2, -0.15) is 5.10 Å². The van der Waals surface area contributed by atoms with Gasteiger partial charge in [0.05, 0.1) is 11.9 Å². The van der Waals surface area contributed by atoms with Gasteiger partial charge in [0.1, 0.15) is 5.02 Å². The average Bonchev–Trinajstić information content (AvgIpc) is 2.34. The molecule has 5 nitrogen and oxygen atoms in total. The van der Waals surface area contributed by atoms with Crippen molar-refractivity contribution in [2.75, 3.05) is 11.9 Å². The van der Waals surface area contributed by atoms with Crippen LogP contribution in [0.15, 0.2) is 11.0 Å². The summed E-state index contributed by atoms with van der Waals surface area (Å²) < 4.78 is 1.31. The Morgan fingerprint density at radius 2 is 2.29 bits per heavy atom. The highest BCUT2D eigenvalue weighted by Crippen LogP contribution is 2.18. The Hall–Kier alpha value is -1.07. The molecule has 0 bridgehead atoms. The van der Waals surface area contributed by atoms with E-state index < -0.39 is 0 Å². The SMILES string of the molecule is CCC(CCO)Nc1cnn(CC)c(=O)c1Cl. The predicted octanol–water partition coefficient (Wildman–Crippen LogP) is 1.49. The highest BCUT2D eigenvalue weighted by Gasteiger charge is 2.12. The first-order chi connectivity index (χ1) is 8.13. The fraction of sp³-hybridized carbons (Fsp3) is 0.636. The van der Waals surface area contributed by atoms with Crippen LogP contribution in [0, 0.1) is 0 Å². The van der Waals surface area contributed by atoms with Gasteiger partial charge >= 0.3 is 0 Å². The van der Waals surface area contributed by atoms with Gasteiger partial charge in [-0.25, -0.2) is 4.68 Å². The maximum atomic E-state index is 11.7. The van der Waals surface area contributed by atoms with Gasteiger partial charge in [-0.15, -0.1) is 0 Å². The lowest BCUT2D eigenvalue weighted by atomic mass is 10.1. The summed E-state index contributed by atoms with van der Waals surface area (Å²) in [7, 11) is 0. The van der Waals surface area contributed by atoms with E-state index in [2.05, 4.69) is 10.4 Å². The molecule has 0 fully saturated rings. The number of halogens is 1. The first-order valence-corrected chi connectivity index (χ1v) is 6.14. The van der Waals surface area contributed by atoms with E-state index in [0.717, 1.165) is 6.42 Å². The maximum absolute atomic E-state index is 11.7. The van der Waals surface area contributed by atoms with Gasteiger partial charge in [-0.1, -0.05) is 18.5 Å². The lowest BCUT2D eigenvalue weighted by Gasteiger charge is -2.17. The van der Waals surface area contributed by atoms with Gasteiger partial charge in [0.25, 0.3) is 5.56 Å². The van der Waals surface area contributed by atoms with Crippen LogP contribution in [0.4, 0.5) is 5.69 Å². The molecular weight excluding hydrogens is 242 g/mol. The van der Waals surface area contributed by atoms with Crippen molar-refractivity contribution in [1.82, 2.24) is 9.78 Å². The first-order valence-electron chi connectivity index (χ1n) is 5.77. The van der Waals surface area contributed by atoms with Gasteiger partial charge in [0.15, 0.2) is 0 Å². The molecule has 0 aliphatic heterocycles. The van der Waals surface area contributed by atoms with E-state index in [4.69, 9.17) is 16.7 Å². The molecule has 1 aromatic rings. The van der Waals surface area contributed by atoms with Gasteiger partial charge in [-0.3, -0.25) is 4.79 Å². The zero-order valence-electron chi connectivity index (χ0n) is 10.1. The van der Waals surface area contributed by atoms with E-state index in [-0.39, 0.29) is 23.2 Å². The fourth-order valence-corrected chi connectivity index (χ4v) is 1.75. The summed E-state index contributed by atoms with van der Waals surface area (Å²) in [6, 6.07) is 0.0937. The molecule has 1 heterocycles. The number of aliphatic hydroxyl groups excluding tert-OH is 1. The third-order valence-electron chi connectivity index (χ3n) is 2.61. The van der Waals surface area contributed by atoms with E-state index in [1.165, 1.54) is 4.68 Å². The van der Waals surface area contributed by atoms with Crippen molar-refractivity contribution < 1.29 is 5.11 Å². The molecule has 17 heavy (non-hydrogen) atoms. The van der Waals surface area contributed by atoms with Crippen molar-refractivity contribution in [3.63, 3.8) is 0 Å². The van der Waals surface area contributed by atoms with Gasteiger partial charge in [-0.05, 0) is 19.8 Å². The Morgan fingerprint density at radius 3 is 2.82 bits per heavy atom. The second-order valence-corrected chi connectivity index (χ2v) is 4.13. The molecule has 1 aromatic heterocycles. The summed E-state index contributed by atoms with van der Waals surface area (Å²) in [4.78, 5) is 11.7. The van der Waals surface area contributed by atoms with Crippen LogP contribution in [0.5, 0.6) is 0 Å². The number of aromatic nitrogens is 2. The molecule has 0 amide bonds. The molecule has 1 rings (SSSR count). The van der Waals surface area contributed by atoms with E-state index in [9.17, 15) is 4.79 Å². The van der Waals surface area contributed by atoms with Gasteiger partial charge in [0, 0.05) is 19.2 Å². The zero-order chi connectivity index (χ0) is 12.8. The number of aliphatic hydroxyl groups is 1. The van der Waals surface area contributed by atoms with Crippen molar-refractivity contribution >= 4 is 17.3 Å². The smallest absolute Gasteiger partial charge is 0.287 e. The van der Waals surface area contributed by atoms with Crippen LogP contribution < -0.4 is 10.9 Å². The number of nitrogens with zero attached hydrogens (tertiary/aromatic N) is 2. The van der Waals surface area contributed by atoms with Crippen LogP contribution in [0.2, 0.25) is 5.02 Å². The number of rotatable bonds is 6. The van der Waals surface area contributed by atoms with E-state index in [1.54, 1.807) is 6.20 Å². The minimum absolute atomic E-state index is 0.0937. The molecule has 1 unspecified atom stereocenters. The molecule has 2 N–H and O–H groups in total. The quantitative estimate of drug-likeness (QED) is 0.812. The average molecular weight is 260 g/mol. The molecule has 96 valence electrons. The molecule has 0 saturated carbocycles. The van der Waals surface area contributed by atoms with Crippen molar-refractivity contribution in [2.45, 2.75) is 39.3 Å². The predicted molar refractivity (Wildman–Crippen MR) is 68.6 cm³/mol. The summed E-state index contributed by atoms with van der Waals surface area (Å²) in [5, 5.41) is 16.2. The van der Waals surface area contributed by atoms with Crippen LogP contribution in [0.25, 0.3) is 0 Å². The fourth-order valence-electron chi connectivity index (χ4n) is 1.55. The second kappa shape index (κ2) is 6.61. The number of aryl methyl sites for hydroxylation is 1. The van der Waals surface area contributed by atoms with E-state index >= 15 is 0 Å². The van der Waals surface area contributed by atoms with Crippen LogP contribution in [-0.4, -0.2) is 27.5 Å². The molecule has 1 atom stereocenters. The van der Waals surface area contributed by atoms with Crippen LogP contribution >= 0.6 is 11.6 Å². The minimum Gasteiger partial charge on any atom is -0.396 e. The third-order valence-corrected chi connectivity index (χ3v) is 2.98. The normalized spacial score (nSPS) is 12.5. The maximum Gasteiger partial charge on any atom is 0.287 e. The number of nitrogens with one attached hydrogen (secondary N) is 1. The van der Waals surface area contributed by atoms with Crippen molar-refractivity contribution in [1.29, 1.82) is 0 Å². The molecule has 0 spiro atoms.